The summed E-state index contributed by atoms with van der Waals surface area (Å²) in [5.41, 5.74) is 1.10. The van der Waals surface area contributed by atoms with Crippen LogP contribution in [0.2, 0.25) is 0 Å². The van der Waals surface area contributed by atoms with Crippen LogP contribution in [-0.2, 0) is 11.2 Å². The molecular weight excluding hydrogens is 236 g/mol. The molecule has 2 saturated carbocycles. The molecule has 2 nitrogen and oxygen atoms in total. The van der Waals surface area contributed by atoms with Crippen molar-refractivity contribution in [2.45, 2.75) is 58.0 Å². The molecule has 0 N–H and O–H groups in total. The topological polar surface area (TPSA) is 26.3 Å². The number of hydrogen-bond donors (Lipinski definition) is 0. The van der Waals surface area contributed by atoms with Crippen molar-refractivity contribution in [3.8, 4) is 5.75 Å². The van der Waals surface area contributed by atoms with Gasteiger partial charge in [0.2, 0.25) is 0 Å². The van der Waals surface area contributed by atoms with E-state index < -0.39 is 0 Å². The van der Waals surface area contributed by atoms with Crippen LogP contribution in [0.25, 0.3) is 0 Å². The van der Waals surface area contributed by atoms with E-state index in [0.29, 0.717) is 12.2 Å². The average molecular weight is 258 g/mol. The van der Waals surface area contributed by atoms with Crippen LogP contribution < -0.4 is 4.74 Å². The van der Waals surface area contributed by atoms with Crippen LogP contribution in [0.1, 0.15) is 51.0 Å². The largest absolute Gasteiger partial charge is 0.489 e. The summed E-state index contributed by atoms with van der Waals surface area (Å²) in [6, 6.07) is 8.22. The third-order valence-corrected chi connectivity index (χ3v) is 4.91. The molecule has 3 rings (SSSR count). The van der Waals surface area contributed by atoms with Crippen LogP contribution in [0.4, 0.5) is 0 Å². The number of hydrogen-bond acceptors (Lipinski definition) is 2. The molecule has 102 valence electrons. The number of carbonyl (C=O) groups is 1. The van der Waals surface area contributed by atoms with Gasteiger partial charge in [-0.05, 0) is 30.9 Å². The first-order chi connectivity index (χ1) is 9.26. The normalized spacial score (nSPS) is 25.1. The number of Topliss-reactive ketones (excluding diaryl/α,β-unsaturated/α-hetero) is 1. The number of carbonyl (C=O) groups excluding carboxylic acids is 1. The molecule has 0 aromatic heterocycles. The Morgan fingerprint density at radius 1 is 1.21 bits per heavy atom. The SMILES string of the molecule is CCc1ccccc1OC1CC(=O)C12CCCCC2. The van der Waals surface area contributed by atoms with Crippen LogP contribution in [0.15, 0.2) is 24.3 Å². The third-order valence-electron chi connectivity index (χ3n) is 4.91. The molecule has 0 bridgehead atoms. The van der Waals surface area contributed by atoms with Gasteiger partial charge in [-0.1, -0.05) is 44.4 Å². The van der Waals surface area contributed by atoms with Crippen molar-refractivity contribution in [3.63, 3.8) is 0 Å². The van der Waals surface area contributed by atoms with E-state index in [1.54, 1.807) is 0 Å². The molecule has 19 heavy (non-hydrogen) atoms. The van der Waals surface area contributed by atoms with E-state index in [9.17, 15) is 4.79 Å². The zero-order valence-corrected chi connectivity index (χ0v) is 11.7. The van der Waals surface area contributed by atoms with Gasteiger partial charge in [0.15, 0.2) is 0 Å². The maximum Gasteiger partial charge on any atom is 0.146 e. The molecule has 1 unspecified atom stereocenters. The van der Waals surface area contributed by atoms with Gasteiger partial charge in [-0.25, -0.2) is 0 Å². The molecule has 0 aliphatic heterocycles. The number of aryl methyl sites for hydroxylation is 1. The molecule has 1 aromatic rings. The van der Waals surface area contributed by atoms with E-state index >= 15 is 0 Å². The highest BCUT2D eigenvalue weighted by Crippen LogP contribution is 2.50. The fraction of sp³-hybridized carbons (Fsp3) is 0.588. The molecular formula is C17H22O2. The number of benzene rings is 1. The van der Waals surface area contributed by atoms with Crippen LogP contribution in [0, 0.1) is 5.41 Å². The summed E-state index contributed by atoms with van der Waals surface area (Å²) in [4.78, 5) is 12.1. The van der Waals surface area contributed by atoms with Crippen molar-refractivity contribution < 1.29 is 9.53 Å². The van der Waals surface area contributed by atoms with E-state index in [-0.39, 0.29) is 11.5 Å². The van der Waals surface area contributed by atoms with Crippen molar-refractivity contribution in [3.05, 3.63) is 29.8 Å². The third kappa shape index (κ3) is 2.07. The highest BCUT2D eigenvalue weighted by Gasteiger charge is 2.56. The monoisotopic (exact) mass is 258 g/mol. The lowest BCUT2D eigenvalue weighted by Crippen LogP contribution is -2.57. The second-order valence-corrected chi connectivity index (χ2v) is 5.91. The lowest BCUT2D eigenvalue weighted by atomic mass is 9.57. The van der Waals surface area contributed by atoms with Gasteiger partial charge in [0.05, 0.1) is 5.41 Å². The van der Waals surface area contributed by atoms with Crippen molar-refractivity contribution in [2.75, 3.05) is 0 Å². The smallest absolute Gasteiger partial charge is 0.146 e. The van der Waals surface area contributed by atoms with Crippen molar-refractivity contribution >= 4 is 5.78 Å². The second kappa shape index (κ2) is 4.99. The molecule has 1 atom stereocenters. The van der Waals surface area contributed by atoms with E-state index in [1.807, 2.05) is 18.2 Å². The summed E-state index contributed by atoms with van der Waals surface area (Å²) in [7, 11) is 0. The predicted octanol–water partition coefficient (Wildman–Crippen LogP) is 3.92. The van der Waals surface area contributed by atoms with Gasteiger partial charge in [-0.3, -0.25) is 4.79 Å². The first-order valence-corrected chi connectivity index (χ1v) is 7.54. The van der Waals surface area contributed by atoms with E-state index in [2.05, 4.69) is 13.0 Å². The Kier molecular flexibility index (Phi) is 3.34. The minimum absolute atomic E-state index is 0.119. The Hall–Kier alpha value is -1.31. The molecule has 0 heterocycles. The van der Waals surface area contributed by atoms with Crippen molar-refractivity contribution in [1.29, 1.82) is 0 Å². The van der Waals surface area contributed by atoms with Crippen LogP contribution in [0.3, 0.4) is 0 Å². The minimum atomic E-state index is -0.140. The fourth-order valence-corrected chi connectivity index (χ4v) is 3.62. The van der Waals surface area contributed by atoms with E-state index in [4.69, 9.17) is 4.74 Å². The zero-order chi connectivity index (χ0) is 13.3. The Labute approximate surface area is 115 Å². The quantitative estimate of drug-likeness (QED) is 0.821. The van der Waals surface area contributed by atoms with Gasteiger partial charge in [0.25, 0.3) is 0 Å². The molecule has 1 aromatic carbocycles. The maximum absolute atomic E-state index is 12.1. The maximum atomic E-state index is 12.1. The first-order valence-electron chi connectivity index (χ1n) is 7.54. The van der Waals surface area contributed by atoms with Gasteiger partial charge in [-0.15, -0.1) is 0 Å². The summed E-state index contributed by atoms with van der Waals surface area (Å²) >= 11 is 0. The number of rotatable bonds is 3. The average Bonchev–Trinajstić information content (AvgIpc) is 2.48. The van der Waals surface area contributed by atoms with Gasteiger partial charge >= 0.3 is 0 Å². The minimum Gasteiger partial charge on any atom is -0.489 e. The van der Waals surface area contributed by atoms with E-state index in [0.717, 1.165) is 25.0 Å². The standard InChI is InChI=1S/C17H22O2/c1-2-13-8-4-5-9-14(13)19-16-12-15(18)17(16)10-6-3-7-11-17/h4-5,8-9,16H,2-3,6-7,10-12H2,1H3. The molecule has 0 saturated heterocycles. The van der Waals surface area contributed by atoms with Gasteiger partial charge in [0.1, 0.15) is 17.6 Å². The number of ketones is 1. The lowest BCUT2D eigenvalue weighted by molar-refractivity contribution is -0.156. The van der Waals surface area contributed by atoms with Crippen LogP contribution >= 0.6 is 0 Å². The molecule has 2 heteroatoms. The Morgan fingerprint density at radius 2 is 1.95 bits per heavy atom. The summed E-state index contributed by atoms with van der Waals surface area (Å²) < 4.78 is 6.22. The van der Waals surface area contributed by atoms with Gasteiger partial charge in [-0.2, -0.15) is 0 Å². The Morgan fingerprint density at radius 3 is 2.63 bits per heavy atom. The highest BCUT2D eigenvalue weighted by atomic mass is 16.5. The van der Waals surface area contributed by atoms with Gasteiger partial charge < -0.3 is 4.74 Å². The lowest BCUT2D eigenvalue weighted by Gasteiger charge is -2.49. The Balaban J connectivity index is 1.78. The summed E-state index contributed by atoms with van der Waals surface area (Å²) in [5.74, 6) is 1.42. The van der Waals surface area contributed by atoms with Crippen molar-refractivity contribution in [1.82, 2.24) is 0 Å². The predicted molar refractivity (Wildman–Crippen MR) is 75.4 cm³/mol. The molecule has 2 aliphatic rings. The highest BCUT2D eigenvalue weighted by molar-refractivity contribution is 5.92. The molecule has 2 aliphatic carbocycles. The van der Waals surface area contributed by atoms with E-state index in [1.165, 1.54) is 24.8 Å². The molecule has 1 spiro atoms. The molecule has 0 amide bonds. The van der Waals surface area contributed by atoms with Crippen LogP contribution in [-0.4, -0.2) is 11.9 Å². The summed E-state index contributed by atoms with van der Waals surface area (Å²) in [6.45, 7) is 2.14. The zero-order valence-electron chi connectivity index (χ0n) is 11.7. The first kappa shape index (κ1) is 12.7. The Bertz CT molecular complexity index is 472. The number of para-hydroxylation sites is 1. The number of ether oxygens (including phenoxy) is 1. The van der Waals surface area contributed by atoms with Crippen molar-refractivity contribution in [2.24, 2.45) is 5.41 Å². The van der Waals surface area contributed by atoms with Gasteiger partial charge in [0, 0.05) is 6.42 Å². The summed E-state index contributed by atoms with van der Waals surface area (Å²) in [6.07, 6.45) is 7.40. The second-order valence-electron chi connectivity index (χ2n) is 5.91. The van der Waals surface area contributed by atoms with Crippen LogP contribution in [0.5, 0.6) is 5.75 Å². The summed E-state index contributed by atoms with van der Waals surface area (Å²) in [5, 5.41) is 0. The molecule has 0 radical (unpaired) electrons. The fourth-order valence-electron chi connectivity index (χ4n) is 3.62. The molecule has 2 fully saturated rings.